The van der Waals surface area contributed by atoms with E-state index in [4.69, 9.17) is 5.73 Å². The van der Waals surface area contributed by atoms with Gasteiger partial charge in [0.15, 0.2) is 5.65 Å². The van der Waals surface area contributed by atoms with Crippen LogP contribution >= 0.6 is 11.8 Å². The Hall–Kier alpha value is -3.13. The normalized spacial score (nSPS) is 11.1. The molecule has 0 aliphatic carbocycles. The molecule has 1 aromatic carbocycles. The number of aromatic hydroxyl groups is 1. The lowest BCUT2D eigenvalue weighted by Gasteiger charge is -2.03. The third kappa shape index (κ3) is 2.99. The van der Waals surface area contributed by atoms with Gasteiger partial charge in [-0.15, -0.1) is 0 Å². The summed E-state index contributed by atoms with van der Waals surface area (Å²) in [6.45, 7) is 1.97. The largest absolute Gasteiger partial charge is 0.508 e. The number of benzene rings is 1. The predicted molar refractivity (Wildman–Crippen MR) is 95.4 cm³/mol. The molecule has 0 saturated carbocycles. The van der Waals surface area contributed by atoms with E-state index in [-0.39, 0.29) is 11.7 Å². The van der Waals surface area contributed by atoms with Gasteiger partial charge in [-0.1, -0.05) is 17.8 Å². The molecule has 0 amide bonds. The van der Waals surface area contributed by atoms with Gasteiger partial charge in [-0.25, -0.2) is 19.9 Å². The van der Waals surface area contributed by atoms with Crippen LogP contribution in [0.15, 0.2) is 58.8 Å². The second-order valence-electron chi connectivity index (χ2n) is 5.40. The van der Waals surface area contributed by atoms with E-state index in [9.17, 15) is 5.11 Å². The first-order chi connectivity index (χ1) is 12.1. The molecule has 8 heteroatoms. The fraction of sp³-hybridized carbons (Fsp3) is 0.0588. The number of aromatic nitrogens is 5. The highest BCUT2D eigenvalue weighted by Gasteiger charge is 2.13. The Morgan fingerprint density at radius 1 is 1.16 bits per heavy atom. The minimum atomic E-state index is 0.215. The molecule has 0 saturated heterocycles. The van der Waals surface area contributed by atoms with Crippen molar-refractivity contribution in [2.75, 3.05) is 5.73 Å². The van der Waals surface area contributed by atoms with Gasteiger partial charge < -0.3 is 10.8 Å². The number of rotatable bonds is 3. The standard InChI is InChI=1S/C17H14N6OS/c1-10-16(13-5-6-19-17(18)21-13)22-14-8-20-15(9-23(10)14)25-12-4-2-3-11(24)7-12/h2-9,24H,1H3,(H2,18,19,21). The van der Waals surface area contributed by atoms with Crippen molar-refractivity contribution in [2.24, 2.45) is 0 Å². The van der Waals surface area contributed by atoms with Crippen LogP contribution in [0.4, 0.5) is 5.95 Å². The summed E-state index contributed by atoms with van der Waals surface area (Å²) < 4.78 is 1.96. The number of phenolic OH excluding ortho intramolecular Hbond substituents is 1. The van der Waals surface area contributed by atoms with Crippen molar-refractivity contribution < 1.29 is 5.11 Å². The smallest absolute Gasteiger partial charge is 0.220 e. The Balaban J connectivity index is 1.75. The van der Waals surface area contributed by atoms with Gasteiger partial charge in [-0.3, -0.25) is 4.40 Å². The van der Waals surface area contributed by atoms with Gasteiger partial charge in [0.2, 0.25) is 5.95 Å². The monoisotopic (exact) mass is 350 g/mol. The quantitative estimate of drug-likeness (QED) is 0.585. The van der Waals surface area contributed by atoms with Crippen molar-refractivity contribution in [1.29, 1.82) is 0 Å². The van der Waals surface area contributed by atoms with Crippen LogP contribution in [0.2, 0.25) is 0 Å². The van der Waals surface area contributed by atoms with Gasteiger partial charge in [0, 0.05) is 23.0 Å². The summed E-state index contributed by atoms with van der Waals surface area (Å²) in [4.78, 5) is 18.1. The van der Waals surface area contributed by atoms with Gasteiger partial charge in [-0.05, 0) is 31.2 Å². The number of phenols is 1. The van der Waals surface area contributed by atoms with E-state index in [1.165, 1.54) is 11.8 Å². The van der Waals surface area contributed by atoms with Crippen LogP contribution in [-0.4, -0.2) is 29.4 Å². The van der Waals surface area contributed by atoms with E-state index < -0.39 is 0 Å². The number of aryl methyl sites for hydroxylation is 1. The van der Waals surface area contributed by atoms with E-state index in [0.717, 1.165) is 27.0 Å². The minimum absolute atomic E-state index is 0.215. The number of nitrogens with zero attached hydrogens (tertiary/aromatic N) is 5. The first-order valence-corrected chi connectivity index (χ1v) is 8.32. The molecule has 0 radical (unpaired) electrons. The van der Waals surface area contributed by atoms with Crippen molar-refractivity contribution in [3.63, 3.8) is 0 Å². The first kappa shape index (κ1) is 15.4. The molecule has 3 aromatic heterocycles. The summed E-state index contributed by atoms with van der Waals surface area (Å²) in [6.07, 6.45) is 5.25. The van der Waals surface area contributed by atoms with Crippen LogP contribution in [0.25, 0.3) is 17.0 Å². The molecular formula is C17H14N6OS. The van der Waals surface area contributed by atoms with Crippen LogP contribution in [0.5, 0.6) is 5.75 Å². The van der Waals surface area contributed by atoms with E-state index >= 15 is 0 Å². The van der Waals surface area contributed by atoms with Crippen LogP contribution in [-0.2, 0) is 0 Å². The van der Waals surface area contributed by atoms with Crippen LogP contribution in [0.3, 0.4) is 0 Å². The van der Waals surface area contributed by atoms with Crippen LogP contribution < -0.4 is 5.73 Å². The SMILES string of the molecule is Cc1c(-c2ccnc(N)n2)nc2cnc(Sc3cccc(O)c3)cn12. The minimum Gasteiger partial charge on any atom is -0.508 e. The molecule has 0 unspecified atom stereocenters. The number of hydrogen-bond donors (Lipinski definition) is 2. The average Bonchev–Trinajstić information content (AvgIpc) is 2.92. The number of imidazole rings is 1. The number of nitrogens with two attached hydrogens (primary N) is 1. The zero-order valence-electron chi connectivity index (χ0n) is 13.3. The lowest BCUT2D eigenvalue weighted by Crippen LogP contribution is -1.96. The fourth-order valence-corrected chi connectivity index (χ4v) is 3.35. The fourth-order valence-electron chi connectivity index (χ4n) is 2.52. The molecule has 124 valence electrons. The molecule has 0 aliphatic heterocycles. The molecule has 4 aromatic rings. The number of hydrogen-bond acceptors (Lipinski definition) is 7. The van der Waals surface area contributed by atoms with Gasteiger partial charge in [-0.2, -0.15) is 0 Å². The van der Waals surface area contributed by atoms with Gasteiger partial charge in [0.25, 0.3) is 0 Å². The second kappa shape index (κ2) is 6.06. The molecule has 7 nitrogen and oxygen atoms in total. The molecule has 0 bridgehead atoms. The number of anilines is 1. The van der Waals surface area contributed by atoms with E-state index in [0.29, 0.717) is 5.69 Å². The Kier molecular flexibility index (Phi) is 3.73. The zero-order chi connectivity index (χ0) is 17.4. The molecule has 0 fully saturated rings. The van der Waals surface area contributed by atoms with E-state index in [1.54, 1.807) is 36.7 Å². The molecular weight excluding hydrogens is 336 g/mol. The molecule has 3 heterocycles. The van der Waals surface area contributed by atoms with Gasteiger partial charge >= 0.3 is 0 Å². The van der Waals surface area contributed by atoms with Crippen molar-refractivity contribution >= 4 is 23.4 Å². The summed E-state index contributed by atoms with van der Waals surface area (Å²) in [6, 6.07) is 8.84. The maximum atomic E-state index is 9.59. The summed E-state index contributed by atoms with van der Waals surface area (Å²) in [5, 5.41) is 10.4. The maximum absolute atomic E-state index is 9.59. The average molecular weight is 350 g/mol. The first-order valence-electron chi connectivity index (χ1n) is 7.50. The Morgan fingerprint density at radius 3 is 2.84 bits per heavy atom. The van der Waals surface area contributed by atoms with Crippen molar-refractivity contribution in [2.45, 2.75) is 16.8 Å². The van der Waals surface area contributed by atoms with Crippen molar-refractivity contribution in [3.05, 3.63) is 54.6 Å². The highest BCUT2D eigenvalue weighted by Crippen LogP contribution is 2.29. The molecule has 3 N–H and O–H groups in total. The third-order valence-corrected chi connectivity index (χ3v) is 4.59. The Morgan fingerprint density at radius 2 is 2.04 bits per heavy atom. The number of fused-ring (bicyclic) bond motifs is 1. The van der Waals surface area contributed by atoms with Crippen molar-refractivity contribution in [1.82, 2.24) is 24.3 Å². The Labute approximate surface area is 147 Å². The lowest BCUT2D eigenvalue weighted by molar-refractivity contribution is 0.474. The lowest BCUT2D eigenvalue weighted by atomic mass is 10.2. The third-order valence-electron chi connectivity index (χ3n) is 3.68. The topological polar surface area (TPSA) is 102 Å². The highest BCUT2D eigenvalue weighted by molar-refractivity contribution is 7.99. The predicted octanol–water partition coefficient (Wildman–Crippen LogP) is 2.93. The summed E-state index contributed by atoms with van der Waals surface area (Å²) >= 11 is 1.47. The molecule has 4 rings (SSSR count). The zero-order valence-corrected chi connectivity index (χ0v) is 14.1. The summed E-state index contributed by atoms with van der Waals surface area (Å²) in [5.74, 6) is 0.445. The number of nitrogen functional groups attached to an aromatic ring is 1. The molecule has 25 heavy (non-hydrogen) atoms. The van der Waals surface area contributed by atoms with Crippen LogP contribution in [0.1, 0.15) is 5.69 Å². The Bertz CT molecular complexity index is 1080. The van der Waals surface area contributed by atoms with Gasteiger partial charge in [0.05, 0.1) is 11.9 Å². The van der Waals surface area contributed by atoms with E-state index in [1.807, 2.05) is 23.6 Å². The van der Waals surface area contributed by atoms with Crippen LogP contribution in [0, 0.1) is 6.92 Å². The molecule has 0 aliphatic rings. The second-order valence-corrected chi connectivity index (χ2v) is 6.49. The van der Waals surface area contributed by atoms with Gasteiger partial charge in [0.1, 0.15) is 16.5 Å². The van der Waals surface area contributed by atoms with Crippen molar-refractivity contribution in [3.8, 4) is 17.1 Å². The summed E-state index contributed by atoms with van der Waals surface area (Å²) in [5.41, 5.74) is 8.76. The highest BCUT2D eigenvalue weighted by atomic mass is 32.2. The van der Waals surface area contributed by atoms with E-state index in [2.05, 4.69) is 19.9 Å². The summed E-state index contributed by atoms with van der Waals surface area (Å²) in [7, 11) is 0. The molecule has 0 atom stereocenters. The molecule has 0 spiro atoms. The maximum Gasteiger partial charge on any atom is 0.220 e.